The van der Waals surface area contributed by atoms with Crippen molar-refractivity contribution in [2.75, 3.05) is 18.0 Å². The summed E-state index contributed by atoms with van der Waals surface area (Å²) in [6, 6.07) is 5.50. The van der Waals surface area contributed by atoms with Crippen LogP contribution in [0.15, 0.2) is 12.1 Å². The molecule has 1 fully saturated rings. The summed E-state index contributed by atoms with van der Waals surface area (Å²) in [7, 11) is 0. The van der Waals surface area contributed by atoms with E-state index in [-0.39, 0.29) is 12.4 Å². The van der Waals surface area contributed by atoms with Gasteiger partial charge in [-0.25, -0.2) is 0 Å². The second-order valence-corrected chi connectivity index (χ2v) is 5.43. The van der Waals surface area contributed by atoms with Gasteiger partial charge < -0.3 is 10.2 Å². The Bertz CT molecular complexity index is 434. The molecule has 2 aliphatic heterocycles. The lowest BCUT2D eigenvalue weighted by Crippen LogP contribution is -2.54. The Morgan fingerprint density at radius 2 is 2.12 bits per heavy atom. The van der Waals surface area contributed by atoms with E-state index in [9.17, 15) is 0 Å². The molecule has 0 aliphatic carbocycles. The van der Waals surface area contributed by atoms with E-state index >= 15 is 0 Å². The van der Waals surface area contributed by atoms with Gasteiger partial charge in [0, 0.05) is 25.2 Å². The molecule has 0 bridgehead atoms. The van der Waals surface area contributed by atoms with Crippen molar-refractivity contribution in [3.8, 4) is 0 Å². The molecular weight excluding hydrogens is 255 g/mol. The van der Waals surface area contributed by atoms with E-state index in [0.29, 0.717) is 12.1 Å². The number of anilines is 1. The normalized spacial score (nSPS) is 26.2. The molecule has 1 aromatic carbocycles. The van der Waals surface area contributed by atoms with Gasteiger partial charge in [-0.1, -0.05) is 17.7 Å². The average Bonchev–Trinajstić information content (AvgIpc) is 2.56. The van der Waals surface area contributed by atoms with Gasteiger partial charge in [0.15, 0.2) is 0 Å². The lowest BCUT2D eigenvalue weighted by molar-refractivity contribution is 0.430. The van der Waals surface area contributed by atoms with Gasteiger partial charge in [-0.3, -0.25) is 0 Å². The Morgan fingerprint density at radius 3 is 2.88 bits per heavy atom. The minimum absolute atomic E-state index is 0. The number of benzene rings is 1. The zero-order valence-electron chi connectivity index (χ0n) is 10.2. The highest BCUT2D eigenvalue weighted by Gasteiger charge is 2.36. The van der Waals surface area contributed by atoms with Crippen LogP contribution < -0.4 is 10.2 Å². The van der Waals surface area contributed by atoms with E-state index in [1.54, 1.807) is 0 Å². The third-order valence-electron chi connectivity index (χ3n) is 3.69. The fourth-order valence-electron chi connectivity index (χ4n) is 3.09. The van der Waals surface area contributed by atoms with Gasteiger partial charge in [-0.15, -0.1) is 12.4 Å². The molecule has 4 heteroatoms. The second-order valence-electron chi connectivity index (χ2n) is 5.03. The number of halogens is 2. The van der Waals surface area contributed by atoms with Gasteiger partial charge >= 0.3 is 0 Å². The fraction of sp³-hybridized carbons (Fsp3) is 0.538. The van der Waals surface area contributed by atoms with Crippen molar-refractivity contribution in [2.45, 2.75) is 32.4 Å². The number of fused-ring (bicyclic) bond motifs is 3. The van der Waals surface area contributed by atoms with Crippen molar-refractivity contribution < 1.29 is 0 Å². The summed E-state index contributed by atoms with van der Waals surface area (Å²) < 4.78 is 0. The number of aryl methyl sites for hydroxylation is 1. The minimum Gasteiger partial charge on any atom is -0.362 e. The molecule has 0 radical (unpaired) electrons. The van der Waals surface area contributed by atoms with Gasteiger partial charge in [-0.2, -0.15) is 0 Å². The lowest BCUT2D eigenvalue weighted by atomic mass is 10.1. The van der Waals surface area contributed by atoms with E-state index in [2.05, 4.69) is 36.2 Å². The van der Waals surface area contributed by atoms with Crippen LogP contribution >= 0.6 is 24.0 Å². The Hall–Kier alpha value is -0.440. The third-order valence-corrected chi connectivity index (χ3v) is 3.98. The summed E-state index contributed by atoms with van der Waals surface area (Å²) in [6.45, 7) is 6.52. The molecule has 1 aromatic rings. The fourth-order valence-corrected chi connectivity index (χ4v) is 3.49. The average molecular weight is 273 g/mol. The van der Waals surface area contributed by atoms with Crippen LogP contribution in [0, 0.1) is 6.92 Å². The largest absolute Gasteiger partial charge is 0.362 e. The van der Waals surface area contributed by atoms with Crippen LogP contribution in [-0.4, -0.2) is 25.2 Å². The quantitative estimate of drug-likeness (QED) is 0.782. The summed E-state index contributed by atoms with van der Waals surface area (Å²) in [5.74, 6) is 0. The first-order chi connectivity index (χ1) is 7.66. The van der Waals surface area contributed by atoms with Crippen LogP contribution in [0.4, 0.5) is 5.69 Å². The molecule has 2 nitrogen and oxygen atoms in total. The van der Waals surface area contributed by atoms with Crippen LogP contribution in [0.3, 0.4) is 0 Å². The zero-order valence-corrected chi connectivity index (χ0v) is 11.7. The molecule has 0 amide bonds. The molecule has 2 aliphatic rings. The molecule has 0 aromatic heterocycles. The summed E-state index contributed by atoms with van der Waals surface area (Å²) in [5.41, 5.74) is 3.97. The third kappa shape index (κ3) is 2.03. The SMILES string of the molecule is Cc1cc(Cl)c2c(c1)C[C@H]1CNCC(C)N21.Cl. The van der Waals surface area contributed by atoms with Crippen LogP contribution in [0.2, 0.25) is 5.02 Å². The summed E-state index contributed by atoms with van der Waals surface area (Å²) in [6.07, 6.45) is 1.13. The highest BCUT2D eigenvalue weighted by Crippen LogP contribution is 2.40. The van der Waals surface area contributed by atoms with Crippen LogP contribution in [0.5, 0.6) is 0 Å². The van der Waals surface area contributed by atoms with Crippen LogP contribution in [-0.2, 0) is 6.42 Å². The molecule has 0 spiro atoms. The zero-order chi connectivity index (χ0) is 11.3. The minimum atomic E-state index is 0. The predicted octanol–water partition coefficient (Wildman–Crippen LogP) is 2.79. The Labute approximate surface area is 114 Å². The number of hydrogen-bond acceptors (Lipinski definition) is 2. The highest BCUT2D eigenvalue weighted by molar-refractivity contribution is 6.33. The van der Waals surface area contributed by atoms with E-state index in [0.717, 1.165) is 24.5 Å². The Kier molecular flexibility index (Phi) is 3.58. The highest BCUT2D eigenvalue weighted by atomic mass is 35.5. The number of nitrogens with zero attached hydrogens (tertiary/aromatic N) is 1. The maximum Gasteiger partial charge on any atom is 0.0645 e. The summed E-state index contributed by atoms with van der Waals surface area (Å²) in [5, 5.41) is 4.41. The first kappa shape index (κ1) is 13.0. The molecule has 1 N–H and O–H groups in total. The maximum absolute atomic E-state index is 6.40. The van der Waals surface area contributed by atoms with Crippen molar-refractivity contribution in [3.63, 3.8) is 0 Å². The standard InChI is InChI=1S/C13H17ClN2.ClH/c1-8-3-10-5-11-7-15-6-9(2)16(11)13(10)12(14)4-8;/h3-4,9,11,15H,5-7H2,1-2H3;1H/t9?,11-;/m0./s1. The Morgan fingerprint density at radius 1 is 1.35 bits per heavy atom. The van der Waals surface area contributed by atoms with Crippen LogP contribution in [0.1, 0.15) is 18.1 Å². The predicted molar refractivity (Wildman–Crippen MR) is 75.7 cm³/mol. The second kappa shape index (κ2) is 4.68. The molecule has 0 saturated carbocycles. The van der Waals surface area contributed by atoms with E-state index in [1.165, 1.54) is 16.8 Å². The van der Waals surface area contributed by atoms with Crippen molar-refractivity contribution in [3.05, 3.63) is 28.3 Å². The first-order valence-electron chi connectivity index (χ1n) is 5.95. The molecule has 94 valence electrons. The first-order valence-corrected chi connectivity index (χ1v) is 6.32. The van der Waals surface area contributed by atoms with Crippen molar-refractivity contribution in [1.29, 1.82) is 0 Å². The van der Waals surface area contributed by atoms with E-state index in [4.69, 9.17) is 11.6 Å². The van der Waals surface area contributed by atoms with Crippen molar-refractivity contribution in [2.24, 2.45) is 0 Å². The molecule has 2 atom stereocenters. The molecule has 17 heavy (non-hydrogen) atoms. The topological polar surface area (TPSA) is 15.3 Å². The molecular formula is C13H18Cl2N2. The van der Waals surface area contributed by atoms with Crippen LogP contribution in [0.25, 0.3) is 0 Å². The monoisotopic (exact) mass is 272 g/mol. The van der Waals surface area contributed by atoms with Gasteiger partial charge in [0.25, 0.3) is 0 Å². The molecule has 3 rings (SSSR count). The van der Waals surface area contributed by atoms with Gasteiger partial charge in [-0.05, 0) is 37.5 Å². The van der Waals surface area contributed by atoms with Gasteiger partial charge in [0.1, 0.15) is 0 Å². The van der Waals surface area contributed by atoms with Crippen molar-refractivity contribution in [1.82, 2.24) is 5.32 Å². The van der Waals surface area contributed by atoms with Gasteiger partial charge in [0.05, 0.1) is 10.7 Å². The lowest BCUT2D eigenvalue weighted by Gasteiger charge is -2.38. The van der Waals surface area contributed by atoms with Crippen molar-refractivity contribution >= 4 is 29.7 Å². The van der Waals surface area contributed by atoms with Gasteiger partial charge in [0.2, 0.25) is 0 Å². The van der Waals surface area contributed by atoms with E-state index < -0.39 is 0 Å². The molecule has 1 unspecified atom stereocenters. The summed E-state index contributed by atoms with van der Waals surface area (Å²) in [4.78, 5) is 2.51. The number of nitrogens with one attached hydrogen (secondary N) is 1. The summed E-state index contributed by atoms with van der Waals surface area (Å²) >= 11 is 6.40. The smallest absolute Gasteiger partial charge is 0.0645 e. The maximum atomic E-state index is 6.40. The molecule has 1 saturated heterocycles. The van der Waals surface area contributed by atoms with E-state index in [1.807, 2.05) is 0 Å². The Balaban J connectivity index is 0.00000108. The number of rotatable bonds is 0. The molecule has 2 heterocycles. The number of piperazine rings is 1. The number of hydrogen-bond donors (Lipinski definition) is 1.